The van der Waals surface area contributed by atoms with E-state index in [0.717, 1.165) is 43.6 Å². The lowest BCUT2D eigenvalue weighted by molar-refractivity contribution is -0.121. The third kappa shape index (κ3) is 12.3. The van der Waals surface area contributed by atoms with Gasteiger partial charge in [0.2, 0.25) is 0 Å². The van der Waals surface area contributed by atoms with Gasteiger partial charge in [0, 0.05) is 45.1 Å². The van der Waals surface area contributed by atoms with E-state index < -0.39 is 0 Å². The summed E-state index contributed by atoms with van der Waals surface area (Å²) in [6, 6.07) is 13.5. The van der Waals surface area contributed by atoms with Gasteiger partial charge < -0.3 is 20.9 Å². The first-order valence-corrected chi connectivity index (χ1v) is 11.7. The Morgan fingerprint density at radius 1 is 0.824 bits per heavy atom. The molecule has 34 heavy (non-hydrogen) atoms. The average Bonchev–Trinajstić information content (AvgIpc) is 2.83. The fraction of sp³-hybridized carbons (Fsp3) is 0.519. The van der Waals surface area contributed by atoms with Crippen LogP contribution >= 0.6 is 0 Å². The maximum absolute atomic E-state index is 12.7. The second-order valence-electron chi connectivity index (χ2n) is 8.76. The molecular weight excluding hydrogens is 434 g/mol. The second kappa shape index (κ2) is 16.4. The number of hydrogen-bond donors (Lipinski definition) is 2. The first kappa shape index (κ1) is 29.8. The van der Waals surface area contributed by atoms with Crippen LogP contribution in [0.1, 0.15) is 44.2 Å². The molecule has 2 aliphatic heterocycles. The van der Waals surface area contributed by atoms with Crippen molar-refractivity contribution in [2.75, 3.05) is 40.3 Å². The molecule has 2 fully saturated rings. The van der Waals surface area contributed by atoms with Gasteiger partial charge in [-0.05, 0) is 75.4 Å². The first-order chi connectivity index (χ1) is 15.9. The lowest BCUT2D eigenvalue weighted by Gasteiger charge is -2.29. The molecule has 2 aromatic rings. The van der Waals surface area contributed by atoms with Gasteiger partial charge in [-0.3, -0.25) is 4.79 Å². The number of nitrogens with two attached hydrogens (primary N) is 1. The van der Waals surface area contributed by atoms with Gasteiger partial charge in [0.25, 0.3) is 0 Å². The van der Waals surface area contributed by atoms with E-state index in [-0.39, 0.29) is 19.1 Å². The predicted octanol–water partition coefficient (Wildman–Crippen LogP) is 4.21. The quantitative estimate of drug-likeness (QED) is 0.692. The fourth-order valence-electron chi connectivity index (χ4n) is 3.57. The minimum Gasteiger partial charge on any atom is -0.326 e. The SMILES string of the molecule is C.CN1CCC(=O)CC1.CN1CCC(NCc2ccc(F)cc2)CC1.NCc1ccc(F)cc1. The van der Waals surface area contributed by atoms with Crippen molar-refractivity contribution in [3.63, 3.8) is 0 Å². The molecule has 2 aromatic carbocycles. The normalized spacial score (nSPS) is 17.0. The minimum atomic E-state index is -0.216. The summed E-state index contributed by atoms with van der Waals surface area (Å²) < 4.78 is 24.9. The zero-order valence-electron chi connectivity index (χ0n) is 19.9. The molecule has 5 nitrogen and oxygen atoms in total. The summed E-state index contributed by atoms with van der Waals surface area (Å²) in [5.41, 5.74) is 7.39. The van der Waals surface area contributed by atoms with Crippen LogP contribution in [0.25, 0.3) is 0 Å². The van der Waals surface area contributed by atoms with E-state index in [4.69, 9.17) is 5.73 Å². The van der Waals surface area contributed by atoms with Crippen LogP contribution in [0.5, 0.6) is 0 Å². The summed E-state index contributed by atoms with van der Waals surface area (Å²) >= 11 is 0. The number of nitrogens with one attached hydrogen (secondary N) is 1. The van der Waals surface area contributed by atoms with Crippen molar-refractivity contribution in [3.8, 4) is 0 Å². The lowest BCUT2D eigenvalue weighted by atomic mass is 10.1. The highest BCUT2D eigenvalue weighted by molar-refractivity contribution is 5.79. The topological polar surface area (TPSA) is 61.6 Å². The Morgan fingerprint density at radius 3 is 1.71 bits per heavy atom. The largest absolute Gasteiger partial charge is 0.326 e. The van der Waals surface area contributed by atoms with E-state index in [1.807, 2.05) is 19.2 Å². The number of carbonyl (C=O) groups excluding carboxylic acids is 1. The van der Waals surface area contributed by atoms with Crippen molar-refractivity contribution in [2.24, 2.45) is 5.73 Å². The predicted molar refractivity (Wildman–Crippen MR) is 137 cm³/mol. The molecule has 2 saturated heterocycles. The molecule has 0 aliphatic carbocycles. The van der Waals surface area contributed by atoms with Gasteiger partial charge in [-0.25, -0.2) is 8.78 Å². The number of Topliss-reactive ketones (excluding diaryl/α,β-unsaturated/α-hetero) is 1. The van der Waals surface area contributed by atoms with Crippen molar-refractivity contribution in [1.82, 2.24) is 15.1 Å². The number of rotatable bonds is 4. The molecule has 0 aromatic heterocycles. The number of hydrogen-bond acceptors (Lipinski definition) is 5. The van der Waals surface area contributed by atoms with E-state index >= 15 is 0 Å². The molecule has 2 heterocycles. The van der Waals surface area contributed by atoms with Gasteiger partial charge >= 0.3 is 0 Å². The Hall–Kier alpha value is -2.19. The Bertz CT molecular complexity index is 796. The third-order valence-corrected chi connectivity index (χ3v) is 5.92. The zero-order chi connectivity index (χ0) is 24.1. The summed E-state index contributed by atoms with van der Waals surface area (Å²) in [6.45, 7) is 5.56. The number of piperidine rings is 2. The van der Waals surface area contributed by atoms with Crippen LogP contribution in [0, 0.1) is 11.6 Å². The molecule has 0 saturated carbocycles. The Morgan fingerprint density at radius 2 is 1.26 bits per heavy atom. The number of halogens is 2. The average molecular weight is 477 g/mol. The highest BCUT2D eigenvalue weighted by atomic mass is 19.1. The Balaban J connectivity index is 0.000000274. The Kier molecular flexibility index (Phi) is 14.4. The highest BCUT2D eigenvalue weighted by Crippen LogP contribution is 2.10. The summed E-state index contributed by atoms with van der Waals surface area (Å²) in [4.78, 5) is 15.1. The number of likely N-dealkylation sites (tertiary alicyclic amines) is 2. The third-order valence-electron chi connectivity index (χ3n) is 5.92. The summed E-state index contributed by atoms with van der Waals surface area (Å²) in [5.74, 6) is 0.0401. The van der Waals surface area contributed by atoms with E-state index in [9.17, 15) is 13.6 Å². The van der Waals surface area contributed by atoms with Crippen LogP contribution in [-0.2, 0) is 17.9 Å². The highest BCUT2D eigenvalue weighted by Gasteiger charge is 2.15. The Labute approximate surface area is 204 Å². The molecule has 0 spiro atoms. The number of benzene rings is 2. The number of nitrogens with zero attached hydrogens (tertiary/aromatic N) is 2. The maximum atomic E-state index is 12.7. The van der Waals surface area contributed by atoms with Crippen LogP contribution in [0.3, 0.4) is 0 Å². The standard InChI is InChI=1S/C13H19FN2.C7H8FN.C6H11NO.CH4/c1-16-8-6-13(7-9-16)15-10-11-2-4-12(14)5-3-11;8-7-3-1-6(5-9)2-4-7;1-7-4-2-6(8)3-5-7;/h2-5,13,15H,6-10H2,1H3;1-4H,5,9H2;2-5H2,1H3;1H4. The summed E-state index contributed by atoms with van der Waals surface area (Å²) in [5, 5.41) is 3.53. The van der Waals surface area contributed by atoms with Gasteiger partial charge in [-0.15, -0.1) is 0 Å². The van der Waals surface area contributed by atoms with Crippen LogP contribution in [-0.4, -0.2) is 61.9 Å². The molecular formula is C27H42F2N4O. The monoisotopic (exact) mass is 476 g/mol. The van der Waals surface area contributed by atoms with Gasteiger partial charge in [0.05, 0.1) is 0 Å². The molecule has 3 N–H and O–H groups in total. The minimum absolute atomic E-state index is 0. The molecule has 7 heteroatoms. The van der Waals surface area contributed by atoms with E-state index in [0.29, 0.717) is 18.4 Å². The molecule has 190 valence electrons. The van der Waals surface area contributed by atoms with Crippen LogP contribution in [0.4, 0.5) is 8.78 Å². The van der Waals surface area contributed by atoms with Crippen molar-refractivity contribution in [2.45, 2.75) is 52.2 Å². The molecule has 0 amide bonds. The van der Waals surface area contributed by atoms with Gasteiger partial charge in [-0.1, -0.05) is 31.7 Å². The molecule has 4 rings (SSSR count). The maximum Gasteiger partial charge on any atom is 0.135 e. The molecule has 0 radical (unpaired) electrons. The lowest BCUT2D eigenvalue weighted by Crippen LogP contribution is -2.40. The van der Waals surface area contributed by atoms with Gasteiger partial charge in [-0.2, -0.15) is 0 Å². The van der Waals surface area contributed by atoms with Crippen molar-refractivity contribution in [3.05, 3.63) is 71.3 Å². The zero-order valence-corrected chi connectivity index (χ0v) is 19.9. The molecule has 0 bridgehead atoms. The van der Waals surface area contributed by atoms with Crippen LogP contribution in [0.2, 0.25) is 0 Å². The van der Waals surface area contributed by atoms with Crippen molar-refractivity contribution in [1.29, 1.82) is 0 Å². The van der Waals surface area contributed by atoms with Crippen LogP contribution in [0.15, 0.2) is 48.5 Å². The summed E-state index contributed by atoms with van der Waals surface area (Å²) in [6.07, 6.45) is 3.93. The fourth-order valence-corrected chi connectivity index (χ4v) is 3.57. The van der Waals surface area contributed by atoms with Gasteiger partial charge in [0.15, 0.2) is 0 Å². The summed E-state index contributed by atoms with van der Waals surface area (Å²) in [7, 11) is 4.21. The number of ketones is 1. The number of carbonyl (C=O) groups is 1. The second-order valence-corrected chi connectivity index (χ2v) is 8.76. The molecule has 0 unspecified atom stereocenters. The first-order valence-electron chi connectivity index (χ1n) is 11.7. The van der Waals surface area contributed by atoms with Crippen LogP contribution < -0.4 is 11.1 Å². The van der Waals surface area contributed by atoms with E-state index in [1.54, 1.807) is 12.1 Å². The molecule has 2 aliphatic rings. The van der Waals surface area contributed by atoms with Crippen molar-refractivity contribution < 1.29 is 13.6 Å². The van der Waals surface area contributed by atoms with Gasteiger partial charge in [0.1, 0.15) is 17.4 Å². The van der Waals surface area contributed by atoms with E-state index in [1.165, 1.54) is 50.2 Å². The van der Waals surface area contributed by atoms with E-state index in [2.05, 4.69) is 22.2 Å². The smallest absolute Gasteiger partial charge is 0.135 e. The van der Waals surface area contributed by atoms with Crippen molar-refractivity contribution >= 4 is 5.78 Å². The molecule has 0 atom stereocenters.